The highest BCUT2D eigenvalue weighted by Gasteiger charge is 2.16. The van der Waals surface area contributed by atoms with Crippen molar-refractivity contribution in [2.24, 2.45) is 0 Å². The molecule has 2 aromatic rings. The molecule has 0 unspecified atom stereocenters. The third-order valence-corrected chi connectivity index (χ3v) is 3.31. The second kappa shape index (κ2) is 4.53. The molecule has 96 valence electrons. The number of fused-ring (bicyclic) bond motifs is 1. The number of benzene rings is 1. The van der Waals surface area contributed by atoms with Crippen molar-refractivity contribution in [3.8, 4) is 0 Å². The predicted octanol–water partition coefficient (Wildman–Crippen LogP) is -0.170. The van der Waals surface area contributed by atoms with E-state index < -0.39 is 19.3 Å². The Bertz CT molecular complexity index is 691. The van der Waals surface area contributed by atoms with Crippen molar-refractivity contribution in [2.75, 3.05) is 12.0 Å². The van der Waals surface area contributed by atoms with E-state index in [2.05, 4.69) is 4.98 Å². The van der Waals surface area contributed by atoms with Gasteiger partial charge in [-0.05, 0) is 12.1 Å². The summed E-state index contributed by atoms with van der Waals surface area (Å²) in [5, 5.41) is 0. The van der Waals surface area contributed by atoms with Gasteiger partial charge < -0.3 is 15.6 Å². The molecule has 0 amide bonds. The van der Waals surface area contributed by atoms with Crippen LogP contribution < -0.4 is 11.4 Å². The minimum atomic E-state index is -4.16. The number of aryl methyl sites for hydroxylation is 1. The van der Waals surface area contributed by atoms with Crippen LogP contribution in [0.5, 0.6) is 0 Å². The van der Waals surface area contributed by atoms with Crippen LogP contribution in [0.2, 0.25) is 0 Å². The van der Waals surface area contributed by atoms with E-state index in [0.29, 0.717) is 11.0 Å². The highest BCUT2D eigenvalue weighted by molar-refractivity contribution is 7.51. The zero-order chi connectivity index (χ0) is 13.3. The molecule has 0 saturated carbocycles. The van der Waals surface area contributed by atoms with Crippen LogP contribution in [-0.2, 0) is 11.0 Å². The highest BCUT2D eigenvalue weighted by atomic mass is 31.2. The maximum absolute atomic E-state index is 11.8. The summed E-state index contributed by atoms with van der Waals surface area (Å²) in [7, 11) is -4.16. The van der Waals surface area contributed by atoms with E-state index in [1.807, 2.05) is 0 Å². The third kappa shape index (κ3) is 2.59. The first kappa shape index (κ1) is 12.8. The van der Waals surface area contributed by atoms with Crippen molar-refractivity contribution in [2.45, 2.75) is 6.42 Å². The quantitative estimate of drug-likeness (QED) is 0.526. The van der Waals surface area contributed by atoms with Crippen molar-refractivity contribution in [3.05, 3.63) is 40.3 Å². The second-order valence-electron chi connectivity index (χ2n) is 3.86. The minimum absolute atomic E-state index is 0.0551. The molecule has 8 heteroatoms. The molecule has 0 bridgehead atoms. The lowest BCUT2D eigenvalue weighted by molar-refractivity contribution is 0.372. The molecule has 0 aliphatic carbocycles. The van der Waals surface area contributed by atoms with Gasteiger partial charge in [0.2, 0.25) is 0 Å². The maximum Gasteiger partial charge on any atom is 0.325 e. The van der Waals surface area contributed by atoms with Gasteiger partial charge in [-0.2, -0.15) is 0 Å². The monoisotopic (exact) mass is 269 g/mol. The van der Waals surface area contributed by atoms with Crippen LogP contribution in [0, 0.1) is 0 Å². The molecule has 0 radical (unpaired) electrons. The van der Waals surface area contributed by atoms with E-state index in [4.69, 9.17) is 15.6 Å². The van der Waals surface area contributed by atoms with Gasteiger partial charge in [-0.1, -0.05) is 12.1 Å². The topological polar surface area (TPSA) is 118 Å². The molecule has 0 spiro atoms. The highest BCUT2D eigenvalue weighted by Crippen LogP contribution is 2.34. The Morgan fingerprint density at radius 3 is 2.67 bits per heavy atom. The fraction of sp³-hybridized carbons (Fsp3) is 0.200. The number of rotatable bonds is 3. The van der Waals surface area contributed by atoms with E-state index in [9.17, 15) is 9.36 Å². The average Bonchev–Trinajstić information content (AvgIpc) is 2.31. The Labute approximate surface area is 102 Å². The van der Waals surface area contributed by atoms with Gasteiger partial charge >= 0.3 is 7.60 Å². The van der Waals surface area contributed by atoms with Crippen molar-refractivity contribution in [1.82, 2.24) is 9.66 Å². The first-order valence-corrected chi connectivity index (χ1v) is 6.98. The number of nitrogens with two attached hydrogens (primary N) is 1. The van der Waals surface area contributed by atoms with Crippen LogP contribution in [0.1, 0.15) is 5.69 Å². The molecule has 0 aliphatic rings. The molecule has 0 atom stereocenters. The van der Waals surface area contributed by atoms with Crippen molar-refractivity contribution in [3.63, 3.8) is 0 Å². The van der Waals surface area contributed by atoms with Gasteiger partial charge in [-0.3, -0.25) is 9.36 Å². The van der Waals surface area contributed by atoms with Crippen LogP contribution in [0.15, 0.2) is 29.1 Å². The van der Waals surface area contributed by atoms with Crippen LogP contribution in [-0.4, -0.2) is 25.6 Å². The number of nitrogen functional groups attached to an aromatic ring is 1. The molecule has 2 rings (SSSR count). The summed E-state index contributed by atoms with van der Waals surface area (Å²) >= 11 is 0. The zero-order valence-corrected chi connectivity index (χ0v) is 10.2. The van der Waals surface area contributed by atoms with Crippen LogP contribution in [0.3, 0.4) is 0 Å². The third-order valence-electron chi connectivity index (χ3n) is 2.50. The molecule has 1 heterocycles. The summed E-state index contributed by atoms with van der Waals surface area (Å²) in [4.78, 5) is 33.5. The fourth-order valence-corrected chi connectivity index (χ4v) is 2.12. The molecule has 0 saturated heterocycles. The van der Waals surface area contributed by atoms with Gasteiger partial charge in [-0.15, -0.1) is 0 Å². The summed E-state index contributed by atoms with van der Waals surface area (Å²) < 4.78 is 11.7. The van der Waals surface area contributed by atoms with E-state index in [0.717, 1.165) is 4.68 Å². The van der Waals surface area contributed by atoms with Gasteiger partial charge in [0.15, 0.2) is 0 Å². The summed E-state index contributed by atoms with van der Waals surface area (Å²) in [5.74, 6) is 5.63. The van der Waals surface area contributed by atoms with Gasteiger partial charge in [0, 0.05) is 6.42 Å². The predicted molar refractivity (Wildman–Crippen MR) is 66.8 cm³/mol. The lowest BCUT2D eigenvalue weighted by Gasteiger charge is -2.07. The minimum Gasteiger partial charge on any atom is -0.336 e. The molecule has 1 aromatic heterocycles. The number of hydrogen-bond acceptors (Lipinski definition) is 4. The summed E-state index contributed by atoms with van der Waals surface area (Å²) in [6, 6.07) is 6.80. The molecule has 0 aliphatic heterocycles. The lowest BCUT2D eigenvalue weighted by atomic mass is 10.2. The molecule has 4 N–H and O–H groups in total. The van der Waals surface area contributed by atoms with Crippen molar-refractivity contribution in [1.29, 1.82) is 0 Å². The summed E-state index contributed by atoms with van der Waals surface area (Å²) in [6.45, 7) is 0. The summed E-state index contributed by atoms with van der Waals surface area (Å²) in [6.07, 6.45) is -0.529. The van der Waals surface area contributed by atoms with Crippen molar-refractivity contribution >= 4 is 18.6 Å². The van der Waals surface area contributed by atoms with Gasteiger partial charge in [0.25, 0.3) is 5.56 Å². The molecule has 18 heavy (non-hydrogen) atoms. The zero-order valence-electron chi connectivity index (χ0n) is 9.35. The standard InChI is InChI=1S/C10H12N3O4P/c11-13-9-4-2-1-3-7(9)12-8(10(13)14)5-6-18(15,16)17/h1-4H,5-6,11H2,(H2,15,16,17). The van der Waals surface area contributed by atoms with Crippen molar-refractivity contribution < 1.29 is 14.4 Å². The number of aromatic nitrogens is 2. The Kier molecular flexibility index (Phi) is 3.21. The normalized spacial score (nSPS) is 11.9. The number of nitrogens with zero attached hydrogens (tertiary/aromatic N) is 2. The average molecular weight is 269 g/mol. The summed E-state index contributed by atoms with van der Waals surface area (Å²) in [5.41, 5.74) is 0.504. The van der Waals surface area contributed by atoms with Gasteiger partial charge in [-0.25, -0.2) is 9.66 Å². The SMILES string of the molecule is Nn1c(=O)c(CCP(=O)(O)O)nc2ccccc21. The van der Waals surface area contributed by atoms with Gasteiger partial charge in [0.1, 0.15) is 5.69 Å². The Balaban J connectivity index is 2.49. The Morgan fingerprint density at radius 1 is 1.33 bits per heavy atom. The maximum atomic E-state index is 11.8. The second-order valence-corrected chi connectivity index (χ2v) is 5.64. The molecule has 1 aromatic carbocycles. The molecular weight excluding hydrogens is 257 g/mol. The van der Waals surface area contributed by atoms with Crippen LogP contribution in [0.25, 0.3) is 11.0 Å². The largest absolute Gasteiger partial charge is 0.336 e. The lowest BCUT2D eigenvalue weighted by Crippen LogP contribution is -2.31. The molecule has 0 fully saturated rings. The van der Waals surface area contributed by atoms with E-state index in [1.165, 1.54) is 0 Å². The van der Waals surface area contributed by atoms with Crippen LogP contribution in [0.4, 0.5) is 0 Å². The smallest absolute Gasteiger partial charge is 0.325 e. The molecule has 7 nitrogen and oxygen atoms in total. The van der Waals surface area contributed by atoms with E-state index in [1.54, 1.807) is 24.3 Å². The first-order valence-electron chi connectivity index (χ1n) is 5.19. The first-order chi connectivity index (χ1) is 8.38. The number of hydrogen-bond donors (Lipinski definition) is 3. The van der Waals surface area contributed by atoms with E-state index >= 15 is 0 Å². The van der Waals surface area contributed by atoms with Gasteiger partial charge in [0.05, 0.1) is 17.2 Å². The van der Waals surface area contributed by atoms with Crippen LogP contribution >= 0.6 is 7.60 Å². The molecular formula is C10H12N3O4P. The van der Waals surface area contributed by atoms with E-state index in [-0.39, 0.29) is 12.1 Å². The number of para-hydroxylation sites is 2. The fourth-order valence-electron chi connectivity index (χ4n) is 1.62. The Hall–Kier alpha value is -1.69. The Morgan fingerprint density at radius 2 is 2.00 bits per heavy atom.